The fraction of sp³-hybridized carbons (Fsp3) is 0.333. The van der Waals surface area contributed by atoms with E-state index >= 15 is 0 Å². The van der Waals surface area contributed by atoms with Crippen molar-refractivity contribution >= 4 is 61.1 Å². The third kappa shape index (κ3) is 6.33. The highest BCUT2D eigenvalue weighted by molar-refractivity contribution is 9.10. The Balaban J connectivity index is 2.09. The number of nitrogens with zero attached hydrogens (tertiary/aromatic N) is 2. The van der Waals surface area contributed by atoms with E-state index in [1.54, 1.807) is 6.21 Å². The van der Waals surface area contributed by atoms with Gasteiger partial charge in [-0.2, -0.15) is 0 Å². The van der Waals surface area contributed by atoms with Crippen LogP contribution in [0.1, 0.15) is 44.7 Å². The van der Waals surface area contributed by atoms with Crippen LogP contribution in [0.15, 0.2) is 81.3 Å². The van der Waals surface area contributed by atoms with Crippen LogP contribution in [0.5, 0.6) is 0 Å². The molecule has 0 heterocycles. The predicted octanol–water partition coefficient (Wildman–Crippen LogP) is 8.21. The summed E-state index contributed by atoms with van der Waals surface area (Å²) in [7, 11) is 0. The van der Waals surface area contributed by atoms with E-state index in [0.29, 0.717) is 40.3 Å². The summed E-state index contributed by atoms with van der Waals surface area (Å²) in [4.78, 5) is 9.42. The van der Waals surface area contributed by atoms with Crippen LogP contribution in [-0.4, -0.2) is 22.5 Å². The van der Waals surface area contributed by atoms with Gasteiger partial charge < -0.3 is 5.11 Å². The van der Waals surface area contributed by atoms with Gasteiger partial charge in [-0.3, -0.25) is 0 Å². The van der Waals surface area contributed by atoms with Gasteiger partial charge >= 0.3 is 0 Å². The van der Waals surface area contributed by atoms with Gasteiger partial charge in [0.2, 0.25) is 0 Å². The Morgan fingerprint density at radius 1 is 1.21 bits per heavy atom. The maximum atomic E-state index is 11.9. The lowest BCUT2D eigenvalue weighted by Crippen LogP contribution is -2.32. The van der Waals surface area contributed by atoms with Gasteiger partial charge in [-0.25, -0.2) is 9.98 Å². The molecule has 2 aromatic carbocycles. The zero-order chi connectivity index (χ0) is 24.2. The second-order valence-corrected chi connectivity index (χ2v) is 11.2. The third-order valence-electron chi connectivity index (χ3n) is 5.67. The third-order valence-corrected chi connectivity index (χ3v) is 6.98. The van der Waals surface area contributed by atoms with Gasteiger partial charge in [0.25, 0.3) is 0 Å². The zero-order valence-electron chi connectivity index (χ0n) is 19.2. The molecule has 0 fully saturated rings. The van der Waals surface area contributed by atoms with E-state index in [-0.39, 0.29) is 11.3 Å². The molecule has 3 nitrogen and oxygen atoms in total. The van der Waals surface area contributed by atoms with Crippen molar-refractivity contribution in [3.63, 3.8) is 0 Å². The highest BCUT2D eigenvalue weighted by Gasteiger charge is 2.38. The topological polar surface area (TPSA) is 45.0 Å². The summed E-state index contributed by atoms with van der Waals surface area (Å²) < 4.78 is 0.977. The molecule has 1 aliphatic carbocycles. The molecule has 0 aromatic heterocycles. The Bertz CT molecular complexity index is 1120. The van der Waals surface area contributed by atoms with Crippen LogP contribution in [0, 0.1) is 11.3 Å². The van der Waals surface area contributed by atoms with E-state index in [0.717, 1.165) is 15.6 Å². The normalized spacial score (nSPS) is 21.8. The molecule has 2 aromatic rings. The molecule has 2 atom stereocenters. The summed E-state index contributed by atoms with van der Waals surface area (Å²) in [6, 6.07) is 15.5. The molecule has 0 bridgehead atoms. The Labute approximate surface area is 218 Å². The summed E-state index contributed by atoms with van der Waals surface area (Å²) in [5.41, 5.74) is 1.97. The predicted molar refractivity (Wildman–Crippen MR) is 149 cm³/mol. The summed E-state index contributed by atoms with van der Waals surface area (Å²) in [6.45, 7) is 10.6. The molecular weight excluding hydrogens is 564 g/mol. The first-order chi connectivity index (χ1) is 15.5. The van der Waals surface area contributed by atoms with Crippen LogP contribution >= 0.6 is 43.5 Å². The quantitative estimate of drug-likeness (QED) is 0.212. The molecule has 0 spiro atoms. The lowest BCUT2D eigenvalue weighted by Gasteiger charge is -2.37. The van der Waals surface area contributed by atoms with E-state index in [2.05, 4.69) is 70.3 Å². The van der Waals surface area contributed by atoms with Crippen LogP contribution in [-0.2, 0) is 5.60 Å². The monoisotopic (exact) mass is 590 g/mol. The summed E-state index contributed by atoms with van der Waals surface area (Å²) >= 11 is 13.6. The van der Waals surface area contributed by atoms with E-state index in [1.165, 1.54) is 0 Å². The number of benzene rings is 2. The van der Waals surface area contributed by atoms with Crippen molar-refractivity contribution in [3.8, 4) is 0 Å². The van der Waals surface area contributed by atoms with Gasteiger partial charge in [-0.15, -0.1) is 0 Å². The molecule has 2 unspecified atom stereocenters. The van der Waals surface area contributed by atoms with E-state index in [9.17, 15) is 5.11 Å². The maximum Gasteiger partial charge on any atom is 0.133 e. The van der Waals surface area contributed by atoms with E-state index in [1.807, 2.05) is 48.5 Å². The number of allylic oxidation sites excluding steroid dienone is 2. The molecule has 0 aliphatic heterocycles. The van der Waals surface area contributed by atoms with Gasteiger partial charge in [0.1, 0.15) is 11.4 Å². The number of hydrogen-bond donors (Lipinski definition) is 1. The van der Waals surface area contributed by atoms with Crippen molar-refractivity contribution in [1.82, 2.24) is 0 Å². The number of aliphatic imine (C=N–C) groups is 2. The summed E-state index contributed by atoms with van der Waals surface area (Å²) in [5, 5.41) is 13.1. The lowest BCUT2D eigenvalue weighted by atomic mass is 9.73. The summed E-state index contributed by atoms with van der Waals surface area (Å²) in [6.07, 6.45) is 4.88. The number of alkyl halides is 1. The smallest absolute Gasteiger partial charge is 0.133 e. The van der Waals surface area contributed by atoms with Crippen molar-refractivity contribution in [3.05, 3.63) is 87.5 Å². The minimum atomic E-state index is -1.24. The molecule has 0 amide bonds. The highest BCUT2D eigenvalue weighted by Crippen LogP contribution is 2.47. The average Bonchev–Trinajstić information content (AvgIpc) is 2.75. The molecule has 1 N–H and O–H groups in total. The second-order valence-electron chi connectivity index (χ2n) is 9.30. The fourth-order valence-electron chi connectivity index (χ4n) is 4.00. The molecule has 3 rings (SSSR count). The molecule has 6 heteroatoms. The Kier molecular flexibility index (Phi) is 8.55. The van der Waals surface area contributed by atoms with Crippen molar-refractivity contribution in [2.75, 3.05) is 5.33 Å². The minimum Gasteiger partial charge on any atom is -0.381 e. The van der Waals surface area contributed by atoms with Crippen molar-refractivity contribution in [2.45, 2.75) is 39.2 Å². The van der Waals surface area contributed by atoms with Crippen LogP contribution in [0.25, 0.3) is 5.57 Å². The van der Waals surface area contributed by atoms with Crippen molar-refractivity contribution in [2.24, 2.45) is 21.3 Å². The second kappa shape index (κ2) is 10.8. The molecule has 174 valence electrons. The molecule has 0 radical (unpaired) electrons. The van der Waals surface area contributed by atoms with Gasteiger partial charge in [0, 0.05) is 43.6 Å². The van der Waals surface area contributed by atoms with Crippen molar-refractivity contribution < 1.29 is 5.11 Å². The first-order valence-corrected chi connectivity index (χ1v) is 13.1. The largest absolute Gasteiger partial charge is 0.381 e. The minimum absolute atomic E-state index is 0.0881. The van der Waals surface area contributed by atoms with Gasteiger partial charge in [0.05, 0.1) is 0 Å². The Hall–Kier alpha value is -1.53. The SMILES string of the molecule is C=C(/N=C(\N=C/CBr)C(C)(C)C)C1CC(c2ccccc2Br)=CC(O)(c2ccccc2Cl)C1. The number of hydrogen-bond acceptors (Lipinski definition) is 2. The number of halogens is 3. The summed E-state index contributed by atoms with van der Waals surface area (Å²) in [5.74, 6) is 0.625. The van der Waals surface area contributed by atoms with Crippen LogP contribution in [0.3, 0.4) is 0 Å². The first kappa shape index (κ1) is 26.1. The van der Waals surface area contributed by atoms with E-state index < -0.39 is 5.60 Å². The first-order valence-electron chi connectivity index (χ1n) is 10.9. The number of aliphatic hydroxyl groups is 1. The van der Waals surface area contributed by atoms with Gasteiger partial charge in [0.15, 0.2) is 0 Å². The average molecular weight is 593 g/mol. The van der Waals surface area contributed by atoms with E-state index in [4.69, 9.17) is 16.6 Å². The number of rotatable bonds is 5. The lowest BCUT2D eigenvalue weighted by molar-refractivity contribution is 0.0612. The highest BCUT2D eigenvalue weighted by atomic mass is 79.9. The van der Waals surface area contributed by atoms with Crippen LogP contribution < -0.4 is 0 Å². The van der Waals surface area contributed by atoms with Gasteiger partial charge in [-0.05, 0) is 42.2 Å². The van der Waals surface area contributed by atoms with Crippen molar-refractivity contribution in [1.29, 1.82) is 0 Å². The molecule has 0 saturated carbocycles. The molecule has 1 aliphatic rings. The number of amidine groups is 1. The van der Waals surface area contributed by atoms with Gasteiger partial charge in [-0.1, -0.05) is 107 Å². The Morgan fingerprint density at radius 2 is 1.88 bits per heavy atom. The van der Waals surface area contributed by atoms with Crippen LogP contribution in [0.4, 0.5) is 0 Å². The molecular formula is C27H29Br2ClN2O. The Morgan fingerprint density at radius 3 is 2.52 bits per heavy atom. The maximum absolute atomic E-state index is 11.9. The zero-order valence-corrected chi connectivity index (χ0v) is 23.1. The standard InChI is InChI=1S/C27H29Br2ClN2O/c1-18(32-25(26(2,3)4)31-14-13-28)19-15-20(21-9-5-7-11-23(21)29)17-27(33,16-19)22-10-6-8-12-24(22)30/h5-12,14,17,19,33H,1,13,15-16H2,2-4H3/b31-14-,32-25-. The molecule has 33 heavy (non-hydrogen) atoms. The fourth-order valence-corrected chi connectivity index (χ4v) is 4.99. The van der Waals surface area contributed by atoms with Crippen LogP contribution in [0.2, 0.25) is 5.02 Å². The molecule has 0 saturated heterocycles.